The molecule has 0 saturated heterocycles. The fourth-order valence-electron chi connectivity index (χ4n) is 2.26. The molecular formula is C14H17F3N2OS. The van der Waals surface area contributed by atoms with Crippen LogP contribution in [0.5, 0.6) is 5.88 Å². The molecule has 0 spiro atoms. The molecule has 0 aromatic carbocycles. The van der Waals surface area contributed by atoms with Crippen molar-refractivity contribution in [3.63, 3.8) is 0 Å². The Morgan fingerprint density at radius 2 is 2.14 bits per heavy atom. The second kappa shape index (κ2) is 6.60. The Bertz CT molecular complexity index is 513. The Kier molecular flexibility index (Phi) is 5.03. The van der Waals surface area contributed by atoms with E-state index in [1.165, 1.54) is 19.1 Å². The van der Waals surface area contributed by atoms with Crippen molar-refractivity contribution < 1.29 is 17.9 Å². The van der Waals surface area contributed by atoms with Crippen molar-refractivity contribution >= 4 is 23.7 Å². The highest BCUT2D eigenvalue weighted by Gasteiger charge is 2.46. The van der Waals surface area contributed by atoms with E-state index in [0.29, 0.717) is 5.88 Å². The molecule has 0 radical (unpaired) electrons. The molecule has 21 heavy (non-hydrogen) atoms. The van der Waals surface area contributed by atoms with Crippen LogP contribution in [0.25, 0.3) is 6.08 Å². The Balaban J connectivity index is 2.02. The van der Waals surface area contributed by atoms with Gasteiger partial charge in [-0.15, -0.1) is 0 Å². The average Bonchev–Trinajstić information content (AvgIpc) is 2.36. The van der Waals surface area contributed by atoms with E-state index in [2.05, 4.69) is 9.71 Å². The smallest absolute Gasteiger partial charge is 0.391 e. The summed E-state index contributed by atoms with van der Waals surface area (Å²) in [5, 5.41) is 0. The summed E-state index contributed by atoms with van der Waals surface area (Å²) < 4.78 is 45.5. The van der Waals surface area contributed by atoms with E-state index in [-0.39, 0.29) is 18.8 Å². The van der Waals surface area contributed by atoms with Crippen LogP contribution >= 0.6 is 11.9 Å². The normalized spacial score (nSPS) is 22.1. The van der Waals surface area contributed by atoms with Gasteiger partial charge < -0.3 is 9.46 Å². The first kappa shape index (κ1) is 16.0. The Morgan fingerprint density at radius 1 is 1.43 bits per heavy atom. The molecular weight excluding hydrogens is 301 g/mol. The van der Waals surface area contributed by atoms with Crippen molar-refractivity contribution in [3.05, 3.63) is 23.9 Å². The fraction of sp³-hybridized carbons (Fsp3) is 0.500. The number of rotatable bonds is 5. The molecule has 7 heteroatoms. The number of nitrogens with zero attached hydrogens (tertiary/aromatic N) is 1. The number of alkyl halides is 3. The van der Waals surface area contributed by atoms with E-state index in [4.69, 9.17) is 4.74 Å². The van der Waals surface area contributed by atoms with Crippen LogP contribution in [0.4, 0.5) is 18.9 Å². The van der Waals surface area contributed by atoms with E-state index in [9.17, 15) is 13.2 Å². The molecule has 1 aliphatic rings. The molecule has 3 nitrogen and oxygen atoms in total. The Morgan fingerprint density at radius 3 is 2.71 bits per heavy atom. The monoisotopic (exact) mass is 318 g/mol. The van der Waals surface area contributed by atoms with Crippen molar-refractivity contribution in [1.82, 2.24) is 4.98 Å². The van der Waals surface area contributed by atoms with Crippen LogP contribution in [-0.4, -0.2) is 24.5 Å². The minimum atomic E-state index is -4.06. The lowest BCUT2D eigenvalue weighted by atomic mass is 9.74. The molecule has 0 aliphatic heterocycles. The first-order chi connectivity index (χ1) is 9.94. The van der Waals surface area contributed by atoms with Crippen molar-refractivity contribution in [1.29, 1.82) is 0 Å². The highest BCUT2D eigenvalue weighted by molar-refractivity contribution is 7.99. The minimum absolute atomic E-state index is 0.0292. The zero-order chi connectivity index (χ0) is 15.5. The maximum Gasteiger partial charge on any atom is 0.391 e. The van der Waals surface area contributed by atoms with Crippen molar-refractivity contribution in [3.8, 4) is 5.88 Å². The average molecular weight is 318 g/mol. The number of aromatic nitrogens is 1. The number of allylic oxidation sites excluding steroid dienone is 1. The van der Waals surface area contributed by atoms with Crippen LogP contribution in [0.3, 0.4) is 0 Å². The first-order valence-electron chi connectivity index (χ1n) is 6.52. The Hall–Kier alpha value is -1.37. The lowest BCUT2D eigenvalue weighted by molar-refractivity contribution is -0.200. The molecule has 0 atom stereocenters. The van der Waals surface area contributed by atoms with Gasteiger partial charge >= 0.3 is 6.18 Å². The molecule has 1 aromatic rings. The Labute approximate surface area is 126 Å². The van der Waals surface area contributed by atoms with Gasteiger partial charge in [-0.2, -0.15) is 13.2 Å². The second-order valence-electron chi connectivity index (χ2n) is 4.96. The maximum absolute atomic E-state index is 12.4. The minimum Gasteiger partial charge on any atom is -0.481 e. The number of anilines is 1. The molecule has 1 aliphatic carbocycles. The van der Waals surface area contributed by atoms with Crippen LogP contribution in [0.2, 0.25) is 0 Å². The number of pyridine rings is 1. The van der Waals surface area contributed by atoms with E-state index in [1.54, 1.807) is 12.3 Å². The predicted octanol–water partition coefficient (Wildman–Crippen LogP) is 4.38. The summed E-state index contributed by atoms with van der Waals surface area (Å²) in [4.78, 5) is 4.16. The summed E-state index contributed by atoms with van der Waals surface area (Å²) in [6, 6.07) is 1.86. The third kappa shape index (κ3) is 4.06. The molecule has 116 valence electrons. The zero-order valence-electron chi connectivity index (χ0n) is 11.8. The van der Waals surface area contributed by atoms with Crippen LogP contribution in [0.1, 0.15) is 18.4 Å². The molecule has 0 bridgehead atoms. The molecule has 1 N–H and O–H groups in total. The van der Waals surface area contributed by atoms with Gasteiger partial charge in [0.15, 0.2) is 0 Å². The SMILES string of the molecule is COc1ncc(NSC)cc1/C=C/C1CC(C(F)(F)F)C1. The number of ether oxygens (including phenoxy) is 1. The van der Waals surface area contributed by atoms with Gasteiger partial charge in [-0.1, -0.05) is 24.1 Å². The van der Waals surface area contributed by atoms with E-state index >= 15 is 0 Å². The summed E-state index contributed by atoms with van der Waals surface area (Å²) in [5.41, 5.74) is 1.58. The summed E-state index contributed by atoms with van der Waals surface area (Å²) in [5.74, 6) is -0.722. The van der Waals surface area contributed by atoms with E-state index < -0.39 is 12.1 Å². The first-order valence-corrected chi connectivity index (χ1v) is 7.74. The molecule has 1 saturated carbocycles. The van der Waals surface area contributed by atoms with Gasteiger partial charge in [0, 0.05) is 11.8 Å². The molecule has 1 aromatic heterocycles. The third-order valence-corrected chi connectivity index (χ3v) is 3.92. The quantitative estimate of drug-likeness (QED) is 0.817. The summed E-state index contributed by atoms with van der Waals surface area (Å²) in [7, 11) is 1.52. The van der Waals surface area contributed by atoms with Gasteiger partial charge in [0.05, 0.1) is 24.9 Å². The molecule has 0 unspecified atom stereocenters. The number of hydrogen-bond donors (Lipinski definition) is 1. The zero-order valence-corrected chi connectivity index (χ0v) is 12.6. The van der Waals surface area contributed by atoms with Crippen LogP contribution < -0.4 is 9.46 Å². The van der Waals surface area contributed by atoms with Crippen LogP contribution in [0, 0.1) is 11.8 Å². The van der Waals surface area contributed by atoms with Gasteiger partial charge in [-0.25, -0.2) is 4.98 Å². The molecule has 2 rings (SSSR count). The second-order valence-corrected chi connectivity index (χ2v) is 5.57. The standard InChI is InChI=1S/C14H17F3N2OS/c1-20-13-10(7-12(8-18-13)19-21-2)4-3-9-5-11(6-9)14(15,16)17/h3-4,7-9,11,19H,5-6H2,1-2H3/b4-3+. The predicted molar refractivity (Wildman–Crippen MR) is 79.2 cm³/mol. The number of methoxy groups -OCH3 is 1. The van der Waals surface area contributed by atoms with E-state index in [0.717, 1.165) is 11.3 Å². The van der Waals surface area contributed by atoms with Gasteiger partial charge in [0.25, 0.3) is 0 Å². The van der Waals surface area contributed by atoms with Gasteiger partial charge in [-0.3, -0.25) is 0 Å². The molecule has 0 amide bonds. The summed E-state index contributed by atoms with van der Waals surface area (Å²) in [6.07, 6.45) is 3.41. The number of nitrogens with one attached hydrogen (secondary N) is 1. The largest absolute Gasteiger partial charge is 0.481 e. The van der Waals surface area contributed by atoms with Crippen molar-refractivity contribution in [2.24, 2.45) is 11.8 Å². The highest BCUT2D eigenvalue weighted by atomic mass is 32.2. The summed E-state index contributed by atoms with van der Waals surface area (Å²) >= 11 is 1.44. The van der Waals surface area contributed by atoms with E-state index in [1.807, 2.05) is 18.4 Å². The van der Waals surface area contributed by atoms with Crippen molar-refractivity contribution in [2.45, 2.75) is 19.0 Å². The number of hydrogen-bond acceptors (Lipinski definition) is 4. The fourth-order valence-corrected chi connectivity index (χ4v) is 2.61. The van der Waals surface area contributed by atoms with Gasteiger partial charge in [0.1, 0.15) is 0 Å². The molecule has 1 fully saturated rings. The summed E-state index contributed by atoms with van der Waals surface area (Å²) in [6.45, 7) is 0. The topological polar surface area (TPSA) is 34.1 Å². The van der Waals surface area contributed by atoms with Crippen LogP contribution in [-0.2, 0) is 0 Å². The van der Waals surface area contributed by atoms with Gasteiger partial charge in [0.2, 0.25) is 5.88 Å². The number of halogens is 3. The molecule has 1 heterocycles. The van der Waals surface area contributed by atoms with Gasteiger partial charge in [-0.05, 0) is 24.8 Å². The lowest BCUT2D eigenvalue weighted by Crippen LogP contribution is -2.34. The lowest BCUT2D eigenvalue weighted by Gasteiger charge is -2.34. The van der Waals surface area contributed by atoms with Crippen LogP contribution in [0.15, 0.2) is 18.3 Å². The highest BCUT2D eigenvalue weighted by Crippen LogP contribution is 2.45. The van der Waals surface area contributed by atoms with Crippen molar-refractivity contribution in [2.75, 3.05) is 18.1 Å². The third-order valence-electron chi connectivity index (χ3n) is 3.48. The maximum atomic E-state index is 12.4.